The maximum absolute atomic E-state index is 12.5. The smallest absolute Gasteiger partial charge is 0.177 e. The van der Waals surface area contributed by atoms with Gasteiger partial charge in [0.15, 0.2) is 5.78 Å². The normalized spacial score (nSPS) is 20.8. The average molecular weight is 415 g/mol. The second-order valence-corrected chi connectivity index (χ2v) is 8.57. The average Bonchev–Trinajstić information content (AvgIpc) is 3.44. The van der Waals surface area contributed by atoms with E-state index >= 15 is 0 Å². The van der Waals surface area contributed by atoms with Crippen LogP contribution in [0, 0.1) is 0 Å². The topological polar surface area (TPSA) is 42.0 Å². The molecule has 2 aliphatic heterocycles. The van der Waals surface area contributed by atoms with Gasteiger partial charge >= 0.3 is 0 Å². The zero-order valence-corrected chi connectivity index (χ0v) is 17.7. The molecule has 1 unspecified atom stereocenters. The Balaban J connectivity index is 1.29. The Kier molecular flexibility index (Phi) is 7.33. The van der Waals surface area contributed by atoms with E-state index in [1.165, 1.54) is 5.56 Å². The molecule has 1 atom stereocenters. The van der Waals surface area contributed by atoms with Gasteiger partial charge in [-0.3, -0.25) is 14.6 Å². The predicted octanol–water partition coefficient (Wildman–Crippen LogP) is 3.87. The molecule has 4 rings (SSSR count). The molecule has 1 aromatic carbocycles. The second-order valence-electron chi connectivity index (χ2n) is 7.79. The molecule has 2 fully saturated rings. The lowest BCUT2D eigenvalue weighted by Crippen LogP contribution is -2.37. The Hall–Kier alpha value is -1.73. The Bertz CT molecular complexity index is 774. The number of nitrogens with zero attached hydrogens (tertiary/aromatic N) is 2. The number of ketones is 1. The standard InChI is InChI=1S/C23H30N2O3S/c26-23(20-7-15-29-18-20)17-25-9-2-6-22(25)19-4-1-5-21(16-19)28-12-3-8-24-10-13-27-14-11-24/h1,4-5,7,15-16,18,22H,2-3,6,8-14,17H2. The molecule has 29 heavy (non-hydrogen) atoms. The minimum absolute atomic E-state index is 0.216. The number of rotatable bonds is 9. The third kappa shape index (κ3) is 5.66. The molecule has 0 saturated carbocycles. The first kappa shape index (κ1) is 20.5. The number of ether oxygens (including phenoxy) is 2. The van der Waals surface area contributed by atoms with E-state index in [1.54, 1.807) is 11.3 Å². The lowest BCUT2D eigenvalue weighted by Gasteiger charge is -2.26. The largest absolute Gasteiger partial charge is 0.494 e. The lowest BCUT2D eigenvalue weighted by atomic mass is 10.0. The van der Waals surface area contributed by atoms with Crippen molar-refractivity contribution in [3.05, 3.63) is 52.2 Å². The summed E-state index contributed by atoms with van der Waals surface area (Å²) < 4.78 is 11.4. The number of carbonyl (C=O) groups is 1. The molecule has 2 saturated heterocycles. The predicted molar refractivity (Wildman–Crippen MR) is 116 cm³/mol. The number of hydrogen-bond acceptors (Lipinski definition) is 6. The third-order valence-corrected chi connectivity index (χ3v) is 6.47. The minimum Gasteiger partial charge on any atom is -0.494 e. The number of carbonyl (C=O) groups excluding carboxylic acids is 1. The van der Waals surface area contributed by atoms with Gasteiger partial charge in [-0.25, -0.2) is 0 Å². The number of Topliss-reactive ketones (excluding diaryl/α,β-unsaturated/α-hetero) is 1. The first-order valence-electron chi connectivity index (χ1n) is 10.6. The molecule has 0 radical (unpaired) electrons. The van der Waals surface area contributed by atoms with Crippen molar-refractivity contribution < 1.29 is 14.3 Å². The van der Waals surface area contributed by atoms with Gasteiger partial charge in [0.25, 0.3) is 0 Å². The summed E-state index contributed by atoms with van der Waals surface area (Å²) in [6.45, 7) is 6.99. The summed E-state index contributed by atoms with van der Waals surface area (Å²) in [6, 6.07) is 10.7. The van der Waals surface area contributed by atoms with Crippen molar-refractivity contribution in [3.8, 4) is 5.75 Å². The van der Waals surface area contributed by atoms with Gasteiger partial charge in [0.1, 0.15) is 5.75 Å². The highest BCUT2D eigenvalue weighted by molar-refractivity contribution is 7.08. The van der Waals surface area contributed by atoms with E-state index in [1.807, 2.05) is 22.9 Å². The van der Waals surface area contributed by atoms with Crippen LogP contribution in [-0.4, -0.2) is 68.1 Å². The van der Waals surface area contributed by atoms with E-state index < -0.39 is 0 Å². The van der Waals surface area contributed by atoms with E-state index in [0.29, 0.717) is 12.6 Å². The molecule has 0 bridgehead atoms. The molecular weight excluding hydrogens is 384 g/mol. The fourth-order valence-electron chi connectivity index (χ4n) is 4.21. The second kappa shape index (κ2) is 10.3. The number of benzene rings is 1. The summed E-state index contributed by atoms with van der Waals surface area (Å²) in [5, 5.41) is 3.91. The van der Waals surface area contributed by atoms with E-state index in [9.17, 15) is 4.79 Å². The summed E-state index contributed by atoms with van der Waals surface area (Å²) in [5.41, 5.74) is 2.09. The zero-order valence-electron chi connectivity index (χ0n) is 16.9. The molecule has 2 aliphatic rings. The molecule has 0 spiro atoms. The van der Waals surface area contributed by atoms with E-state index in [0.717, 1.165) is 76.6 Å². The lowest BCUT2D eigenvalue weighted by molar-refractivity contribution is 0.0358. The molecule has 6 heteroatoms. The fraction of sp³-hybridized carbons (Fsp3) is 0.522. The van der Waals surface area contributed by atoms with Crippen LogP contribution in [0.2, 0.25) is 0 Å². The molecule has 2 aromatic rings. The zero-order chi connectivity index (χ0) is 19.9. The van der Waals surface area contributed by atoms with E-state index in [-0.39, 0.29) is 5.78 Å². The molecule has 1 aromatic heterocycles. The van der Waals surface area contributed by atoms with Gasteiger partial charge in [-0.15, -0.1) is 0 Å². The number of likely N-dealkylation sites (tertiary alicyclic amines) is 1. The van der Waals surface area contributed by atoms with Crippen molar-refractivity contribution in [1.82, 2.24) is 9.80 Å². The van der Waals surface area contributed by atoms with Crippen LogP contribution in [-0.2, 0) is 4.74 Å². The van der Waals surface area contributed by atoms with Gasteiger partial charge in [-0.1, -0.05) is 12.1 Å². The fourth-order valence-corrected chi connectivity index (χ4v) is 4.87. The van der Waals surface area contributed by atoms with E-state index in [2.05, 4.69) is 28.0 Å². The van der Waals surface area contributed by atoms with Crippen LogP contribution in [0.5, 0.6) is 5.75 Å². The van der Waals surface area contributed by atoms with Crippen molar-refractivity contribution in [2.24, 2.45) is 0 Å². The van der Waals surface area contributed by atoms with Crippen LogP contribution in [0.15, 0.2) is 41.1 Å². The molecule has 5 nitrogen and oxygen atoms in total. The van der Waals surface area contributed by atoms with Crippen LogP contribution in [0.3, 0.4) is 0 Å². The van der Waals surface area contributed by atoms with Gasteiger partial charge < -0.3 is 9.47 Å². The van der Waals surface area contributed by atoms with Crippen LogP contribution < -0.4 is 4.74 Å². The van der Waals surface area contributed by atoms with Crippen molar-refractivity contribution in [3.63, 3.8) is 0 Å². The minimum atomic E-state index is 0.216. The van der Waals surface area contributed by atoms with E-state index in [4.69, 9.17) is 9.47 Å². The Morgan fingerprint density at radius 3 is 2.93 bits per heavy atom. The van der Waals surface area contributed by atoms with Crippen molar-refractivity contribution >= 4 is 17.1 Å². The SMILES string of the molecule is O=C(CN1CCCC1c1cccc(OCCCN2CCOCC2)c1)c1ccsc1. The summed E-state index contributed by atoms with van der Waals surface area (Å²) in [6.07, 6.45) is 3.25. The van der Waals surface area contributed by atoms with Crippen LogP contribution in [0.25, 0.3) is 0 Å². The Labute approximate surface area is 177 Å². The van der Waals surface area contributed by atoms with Gasteiger partial charge in [-0.2, -0.15) is 11.3 Å². The Morgan fingerprint density at radius 1 is 1.21 bits per heavy atom. The van der Waals surface area contributed by atoms with Gasteiger partial charge in [0.2, 0.25) is 0 Å². The summed E-state index contributed by atoms with van der Waals surface area (Å²) >= 11 is 1.58. The first-order chi connectivity index (χ1) is 14.3. The molecule has 0 aliphatic carbocycles. The quantitative estimate of drug-likeness (QED) is 0.460. The summed E-state index contributed by atoms with van der Waals surface area (Å²) in [7, 11) is 0. The number of hydrogen-bond donors (Lipinski definition) is 0. The van der Waals surface area contributed by atoms with Crippen LogP contribution >= 0.6 is 11.3 Å². The molecule has 0 N–H and O–H groups in total. The highest BCUT2D eigenvalue weighted by Gasteiger charge is 2.28. The maximum Gasteiger partial charge on any atom is 0.177 e. The number of morpholine rings is 1. The molecular formula is C23H30N2O3S. The van der Waals surface area contributed by atoms with Crippen LogP contribution in [0.4, 0.5) is 0 Å². The first-order valence-corrected chi connectivity index (χ1v) is 11.6. The van der Waals surface area contributed by atoms with Crippen molar-refractivity contribution in [2.45, 2.75) is 25.3 Å². The monoisotopic (exact) mass is 414 g/mol. The van der Waals surface area contributed by atoms with Crippen molar-refractivity contribution in [2.75, 3.05) is 52.5 Å². The molecule has 3 heterocycles. The summed E-state index contributed by atoms with van der Waals surface area (Å²) in [5.74, 6) is 1.15. The Morgan fingerprint density at radius 2 is 2.10 bits per heavy atom. The maximum atomic E-state index is 12.5. The number of thiophene rings is 1. The van der Waals surface area contributed by atoms with Gasteiger partial charge in [-0.05, 0) is 54.9 Å². The van der Waals surface area contributed by atoms with Gasteiger partial charge in [0, 0.05) is 36.6 Å². The summed E-state index contributed by atoms with van der Waals surface area (Å²) in [4.78, 5) is 17.3. The third-order valence-electron chi connectivity index (χ3n) is 5.79. The van der Waals surface area contributed by atoms with Crippen molar-refractivity contribution in [1.29, 1.82) is 0 Å². The molecule has 156 valence electrons. The highest BCUT2D eigenvalue weighted by atomic mass is 32.1. The highest BCUT2D eigenvalue weighted by Crippen LogP contribution is 2.33. The molecule has 0 amide bonds. The van der Waals surface area contributed by atoms with Gasteiger partial charge in [0.05, 0.1) is 26.4 Å². The van der Waals surface area contributed by atoms with Crippen LogP contribution in [0.1, 0.15) is 41.2 Å².